The molecule has 0 atom stereocenters. The summed E-state index contributed by atoms with van der Waals surface area (Å²) < 4.78 is 1.18. The molecule has 3 rings (SSSR count). The van der Waals surface area contributed by atoms with E-state index in [0.29, 0.717) is 0 Å². The Bertz CT molecular complexity index is 835. The fraction of sp³-hybridized carbons (Fsp3) is 0.0714. The van der Waals surface area contributed by atoms with Gasteiger partial charge in [0.15, 0.2) is 0 Å². The molecule has 0 saturated carbocycles. The van der Waals surface area contributed by atoms with Gasteiger partial charge in [-0.3, -0.25) is 4.79 Å². The SMILES string of the molecule is Nc1nnnn1CC(=O)N/N=C\c1cccc2ccccc12. The number of hydrazone groups is 1. The van der Waals surface area contributed by atoms with Gasteiger partial charge in [-0.15, -0.1) is 0 Å². The molecule has 0 spiro atoms. The minimum absolute atomic E-state index is 0.0770. The van der Waals surface area contributed by atoms with Crippen molar-refractivity contribution in [1.82, 2.24) is 25.6 Å². The highest BCUT2D eigenvalue weighted by molar-refractivity contribution is 5.99. The van der Waals surface area contributed by atoms with Crippen molar-refractivity contribution in [2.45, 2.75) is 6.54 Å². The average Bonchev–Trinajstić information content (AvgIpc) is 2.93. The molecule has 0 unspecified atom stereocenters. The van der Waals surface area contributed by atoms with E-state index in [9.17, 15) is 4.79 Å². The van der Waals surface area contributed by atoms with Crippen molar-refractivity contribution in [3.05, 3.63) is 48.0 Å². The van der Waals surface area contributed by atoms with E-state index in [2.05, 4.69) is 26.1 Å². The number of aromatic nitrogens is 4. The van der Waals surface area contributed by atoms with Gasteiger partial charge >= 0.3 is 0 Å². The molecule has 1 aromatic heterocycles. The molecule has 0 aliphatic heterocycles. The highest BCUT2D eigenvalue weighted by atomic mass is 16.2. The first-order chi connectivity index (χ1) is 10.7. The number of anilines is 1. The van der Waals surface area contributed by atoms with Gasteiger partial charge in [-0.25, -0.2) is 10.1 Å². The molecule has 3 N–H and O–H groups in total. The van der Waals surface area contributed by atoms with Crippen LogP contribution >= 0.6 is 0 Å². The Morgan fingerprint density at radius 1 is 1.27 bits per heavy atom. The lowest BCUT2D eigenvalue weighted by Gasteiger charge is -2.02. The summed E-state index contributed by atoms with van der Waals surface area (Å²) in [6.45, 7) is -0.0916. The highest BCUT2D eigenvalue weighted by Gasteiger charge is 2.06. The Balaban J connectivity index is 1.69. The van der Waals surface area contributed by atoms with Crippen LogP contribution in [0.1, 0.15) is 5.56 Å². The first-order valence-corrected chi connectivity index (χ1v) is 6.55. The second-order valence-corrected chi connectivity index (χ2v) is 4.56. The third kappa shape index (κ3) is 2.90. The largest absolute Gasteiger partial charge is 0.367 e. The normalized spacial score (nSPS) is 11.1. The Labute approximate surface area is 125 Å². The van der Waals surface area contributed by atoms with Crippen LogP contribution in [0.2, 0.25) is 0 Å². The lowest BCUT2D eigenvalue weighted by Crippen LogP contribution is -2.24. The van der Waals surface area contributed by atoms with Gasteiger partial charge in [0.2, 0.25) is 5.95 Å². The van der Waals surface area contributed by atoms with Gasteiger partial charge < -0.3 is 5.73 Å². The molecule has 22 heavy (non-hydrogen) atoms. The third-order valence-corrected chi connectivity index (χ3v) is 3.07. The number of carbonyl (C=O) groups is 1. The molecule has 0 aliphatic carbocycles. The van der Waals surface area contributed by atoms with Crippen LogP contribution in [0.3, 0.4) is 0 Å². The lowest BCUT2D eigenvalue weighted by atomic mass is 10.1. The van der Waals surface area contributed by atoms with Crippen molar-refractivity contribution in [3.8, 4) is 0 Å². The predicted molar refractivity (Wildman–Crippen MR) is 81.9 cm³/mol. The molecule has 0 bridgehead atoms. The number of nitrogens with zero attached hydrogens (tertiary/aromatic N) is 5. The van der Waals surface area contributed by atoms with Crippen molar-refractivity contribution < 1.29 is 4.79 Å². The number of nitrogens with two attached hydrogens (primary N) is 1. The zero-order chi connectivity index (χ0) is 15.4. The Kier molecular flexibility index (Phi) is 3.73. The average molecular weight is 295 g/mol. The van der Waals surface area contributed by atoms with E-state index in [1.54, 1.807) is 6.21 Å². The van der Waals surface area contributed by atoms with Crippen LogP contribution < -0.4 is 11.2 Å². The number of hydrogen-bond acceptors (Lipinski definition) is 6. The van der Waals surface area contributed by atoms with Crippen LogP contribution in [0, 0.1) is 0 Å². The summed E-state index contributed by atoms with van der Waals surface area (Å²) in [5, 5.41) is 16.6. The third-order valence-electron chi connectivity index (χ3n) is 3.07. The summed E-state index contributed by atoms with van der Waals surface area (Å²) in [5.41, 5.74) is 8.82. The van der Waals surface area contributed by atoms with Crippen molar-refractivity contribution in [2.24, 2.45) is 5.10 Å². The molecule has 0 radical (unpaired) electrons. The monoisotopic (exact) mass is 295 g/mol. The maximum absolute atomic E-state index is 11.7. The zero-order valence-electron chi connectivity index (χ0n) is 11.5. The number of rotatable bonds is 4. The van der Waals surface area contributed by atoms with Gasteiger partial charge in [-0.2, -0.15) is 5.10 Å². The van der Waals surface area contributed by atoms with Gasteiger partial charge in [0, 0.05) is 5.56 Å². The van der Waals surface area contributed by atoms with Crippen LogP contribution in [0.15, 0.2) is 47.6 Å². The minimum atomic E-state index is -0.365. The van der Waals surface area contributed by atoms with E-state index in [1.807, 2.05) is 42.5 Å². The van der Waals surface area contributed by atoms with E-state index >= 15 is 0 Å². The molecular weight excluding hydrogens is 282 g/mol. The zero-order valence-corrected chi connectivity index (χ0v) is 11.5. The molecule has 2 aromatic carbocycles. The highest BCUT2D eigenvalue weighted by Crippen LogP contribution is 2.16. The standard InChI is InChI=1S/C14H13N7O/c15-14-18-19-20-21(14)9-13(22)17-16-8-11-6-3-5-10-4-1-2-7-12(10)11/h1-8H,9H2,(H,17,22)(H2,15,18,20)/b16-8-. The van der Waals surface area contributed by atoms with E-state index in [4.69, 9.17) is 5.73 Å². The number of benzene rings is 2. The first kappa shape index (κ1) is 13.7. The summed E-state index contributed by atoms with van der Waals surface area (Å²) in [4.78, 5) is 11.7. The van der Waals surface area contributed by atoms with Gasteiger partial charge in [0.25, 0.3) is 5.91 Å². The summed E-state index contributed by atoms with van der Waals surface area (Å²) in [6.07, 6.45) is 1.60. The van der Waals surface area contributed by atoms with Crippen molar-refractivity contribution >= 4 is 28.8 Å². The number of carbonyl (C=O) groups excluding carboxylic acids is 1. The maximum atomic E-state index is 11.7. The summed E-state index contributed by atoms with van der Waals surface area (Å²) in [7, 11) is 0. The van der Waals surface area contributed by atoms with Crippen LogP contribution in [0.5, 0.6) is 0 Å². The smallest absolute Gasteiger partial charge is 0.261 e. The second kappa shape index (κ2) is 6.00. The fourth-order valence-corrected chi connectivity index (χ4v) is 2.03. The number of amides is 1. The predicted octanol–water partition coefficient (Wildman–Crippen LogP) is 0.559. The minimum Gasteiger partial charge on any atom is -0.367 e. The van der Waals surface area contributed by atoms with Crippen LogP contribution in [-0.4, -0.2) is 32.3 Å². The number of nitrogen functional groups attached to an aromatic ring is 1. The van der Waals surface area contributed by atoms with Gasteiger partial charge in [0.05, 0.1) is 6.21 Å². The van der Waals surface area contributed by atoms with Gasteiger partial charge in [0.1, 0.15) is 6.54 Å². The molecule has 8 heteroatoms. The maximum Gasteiger partial charge on any atom is 0.261 e. The van der Waals surface area contributed by atoms with Gasteiger partial charge in [-0.1, -0.05) is 47.6 Å². The summed E-state index contributed by atoms with van der Waals surface area (Å²) in [5.74, 6) is -0.288. The van der Waals surface area contributed by atoms with Crippen LogP contribution in [0.25, 0.3) is 10.8 Å². The number of fused-ring (bicyclic) bond motifs is 1. The van der Waals surface area contributed by atoms with Crippen LogP contribution in [-0.2, 0) is 11.3 Å². The molecule has 110 valence electrons. The fourth-order valence-electron chi connectivity index (χ4n) is 2.03. The molecular formula is C14H13N7O. The van der Waals surface area contributed by atoms with Crippen molar-refractivity contribution in [3.63, 3.8) is 0 Å². The van der Waals surface area contributed by atoms with Crippen molar-refractivity contribution in [1.29, 1.82) is 0 Å². The van der Waals surface area contributed by atoms with E-state index in [-0.39, 0.29) is 18.4 Å². The van der Waals surface area contributed by atoms with Crippen molar-refractivity contribution in [2.75, 3.05) is 5.73 Å². The molecule has 3 aromatic rings. The second-order valence-electron chi connectivity index (χ2n) is 4.56. The summed E-state index contributed by atoms with van der Waals surface area (Å²) >= 11 is 0. The Hall–Kier alpha value is -3.29. The molecule has 0 saturated heterocycles. The van der Waals surface area contributed by atoms with E-state index in [1.165, 1.54) is 4.68 Å². The van der Waals surface area contributed by atoms with E-state index < -0.39 is 0 Å². The summed E-state index contributed by atoms with van der Waals surface area (Å²) in [6, 6.07) is 13.8. The molecule has 8 nitrogen and oxygen atoms in total. The Morgan fingerprint density at radius 3 is 2.91 bits per heavy atom. The Morgan fingerprint density at radius 2 is 2.09 bits per heavy atom. The lowest BCUT2D eigenvalue weighted by molar-refractivity contribution is -0.121. The number of tetrazole rings is 1. The molecule has 0 fully saturated rings. The number of nitrogens with one attached hydrogen (secondary N) is 1. The first-order valence-electron chi connectivity index (χ1n) is 6.55. The van der Waals surface area contributed by atoms with E-state index in [0.717, 1.165) is 16.3 Å². The topological polar surface area (TPSA) is 111 Å². The van der Waals surface area contributed by atoms with Gasteiger partial charge in [-0.05, 0) is 21.2 Å². The molecule has 1 heterocycles. The number of hydrogen-bond donors (Lipinski definition) is 2. The molecule has 0 aliphatic rings. The molecule has 1 amide bonds. The quantitative estimate of drug-likeness (QED) is 0.539. The van der Waals surface area contributed by atoms with Crippen LogP contribution in [0.4, 0.5) is 5.95 Å².